The van der Waals surface area contributed by atoms with Gasteiger partial charge in [-0.3, -0.25) is 0 Å². The molecule has 1 aromatic heterocycles. The first-order valence-corrected chi connectivity index (χ1v) is 5.53. The number of aliphatic carboxylic acids is 1. The van der Waals surface area contributed by atoms with Crippen LogP contribution in [0.4, 0.5) is 4.79 Å². The molecule has 100 valence electrons. The predicted molar refractivity (Wildman–Crippen MR) is 65.2 cm³/mol. The van der Waals surface area contributed by atoms with Crippen molar-refractivity contribution in [3.63, 3.8) is 0 Å². The predicted octanol–water partition coefficient (Wildman–Crippen LogP) is 1.59. The van der Waals surface area contributed by atoms with Gasteiger partial charge < -0.3 is 19.7 Å². The van der Waals surface area contributed by atoms with Gasteiger partial charge in [0.25, 0.3) is 0 Å². The molecule has 0 spiro atoms. The Balaban J connectivity index is 2.63. The van der Waals surface area contributed by atoms with Gasteiger partial charge in [-0.2, -0.15) is 0 Å². The maximum atomic E-state index is 11.8. The zero-order valence-electron chi connectivity index (χ0n) is 11.0. The Labute approximate surface area is 106 Å². The standard InChI is InChI=1S/C12H18N2O4/c1-8-9(5-6-18-8)7-14(4)11(17)13-12(2,3)10(15)16/h5-6H,7H2,1-4H3,(H,13,17)(H,15,16). The minimum Gasteiger partial charge on any atom is -0.480 e. The normalized spacial score (nSPS) is 11.1. The minimum atomic E-state index is -1.29. The molecule has 2 amide bonds. The van der Waals surface area contributed by atoms with E-state index < -0.39 is 17.5 Å². The highest BCUT2D eigenvalue weighted by atomic mass is 16.4. The summed E-state index contributed by atoms with van der Waals surface area (Å²) in [5, 5.41) is 11.4. The number of furan rings is 1. The molecule has 0 aliphatic heterocycles. The fourth-order valence-electron chi connectivity index (χ4n) is 1.32. The molecule has 0 aliphatic carbocycles. The quantitative estimate of drug-likeness (QED) is 0.854. The summed E-state index contributed by atoms with van der Waals surface area (Å²) in [6, 6.07) is 1.34. The number of aryl methyl sites for hydroxylation is 1. The second-order valence-electron chi connectivity index (χ2n) is 4.72. The molecule has 0 aromatic carbocycles. The Morgan fingerprint density at radius 1 is 1.50 bits per heavy atom. The van der Waals surface area contributed by atoms with Crippen molar-refractivity contribution in [2.24, 2.45) is 0 Å². The molecule has 6 heteroatoms. The van der Waals surface area contributed by atoms with Crippen molar-refractivity contribution in [2.45, 2.75) is 32.9 Å². The van der Waals surface area contributed by atoms with Gasteiger partial charge in [0.1, 0.15) is 11.3 Å². The van der Waals surface area contributed by atoms with E-state index in [0.29, 0.717) is 6.54 Å². The molecule has 0 saturated carbocycles. The second kappa shape index (κ2) is 5.12. The van der Waals surface area contributed by atoms with Crippen molar-refractivity contribution >= 4 is 12.0 Å². The van der Waals surface area contributed by atoms with Crippen molar-refractivity contribution in [1.29, 1.82) is 0 Å². The summed E-state index contributed by atoms with van der Waals surface area (Å²) >= 11 is 0. The summed E-state index contributed by atoms with van der Waals surface area (Å²) in [6.07, 6.45) is 1.55. The lowest BCUT2D eigenvalue weighted by Crippen LogP contribution is -2.53. The van der Waals surface area contributed by atoms with Gasteiger partial charge in [-0.15, -0.1) is 0 Å². The fraction of sp³-hybridized carbons (Fsp3) is 0.500. The smallest absolute Gasteiger partial charge is 0.328 e. The average Bonchev–Trinajstić information content (AvgIpc) is 2.63. The van der Waals surface area contributed by atoms with Gasteiger partial charge in [0.2, 0.25) is 0 Å². The third-order valence-electron chi connectivity index (χ3n) is 2.67. The summed E-state index contributed by atoms with van der Waals surface area (Å²) in [5.74, 6) is -0.337. The van der Waals surface area contributed by atoms with Gasteiger partial charge in [0, 0.05) is 12.6 Å². The summed E-state index contributed by atoms with van der Waals surface area (Å²) in [6.45, 7) is 5.04. The molecule has 1 heterocycles. The number of carbonyl (C=O) groups excluding carboxylic acids is 1. The number of hydrogen-bond donors (Lipinski definition) is 2. The number of carbonyl (C=O) groups is 2. The molecule has 0 radical (unpaired) electrons. The number of carboxylic acids is 1. The molecular weight excluding hydrogens is 236 g/mol. The highest BCUT2D eigenvalue weighted by Crippen LogP contribution is 2.11. The van der Waals surface area contributed by atoms with Crippen LogP contribution in [0, 0.1) is 6.92 Å². The summed E-state index contributed by atoms with van der Waals surface area (Å²) < 4.78 is 5.13. The third-order valence-corrected chi connectivity index (χ3v) is 2.67. The number of amides is 2. The zero-order valence-corrected chi connectivity index (χ0v) is 11.0. The molecule has 0 atom stereocenters. The Hall–Kier alpha value is -1.98. The van der Waals surface area contributed by atoms with E-state index >= 15 is 0 Å². The van der Waals surface area contributed by atoms with Gasteiger partial charge in [-0.1, -0.05) is 0 Å². The number of rotatable bonds is 4. The van der Waals surface area contributed by atoms with Crippen molar-refractivity contribution in [2.75, 3.05) is 7.05 Å². The highest BCUT2D eigenvalue weighted by molar-refractivity contribution is 5.85. The molecule has 0 aliphatic rings. The first-order chi connectivity index (χ1) is 8.24. The van der Waals surface area contributed by atoms with E-state index in [1.165, 1.54) is 18.7 Å². The molecule has 0 saturated heterocycles. The maximum Gasteiger partial charge on any atom is 0.328 e. The van der Waals surface area contributed by atoms with Crippen molar-refractivity contribution in [3.8, 4) is 0 Å². The lowest BCUT2D eigenvalue weighted by Gasteiger charge is -2.25. The summed E-state index contributed by atoms with van der Waals surface area (Å²) in [7, 11) is 1.60. The van der Waals surface area contributed by atoms with Gasteiger partial charge in [0.15, 0.2) is 0 Å². The number of urea groups is 1. The Bertz CT molecular complexity index is 451. The first kappa shape index (κ1) is 14.1. The van der Waals surface area contributed by atoms with Crippen LogP contribution >= 0.6 is 0 Å². The molecule has 18 heavy (non-hydrogen) atoms. The number of nitrogens with one attached hydrogen (secondary N) is 1. The monoisotopic (exact) mass is 254 g/mol. The fourth-order valence-corrected chi connectivity index (χ4v) is 1.32. The van der Waals surface area contributed by atoms with Crippen LogP contribution < -0.4 is 5.32 Å². The zero-order chi connectivity index (χ0) is 13.9. The Morgan fingerprint density at radius 3 is 2.56 bits per heavy atom. The molecular formula is C12H18N2O4. The Morgan fingerprint density at radius 2 is 2.11 bits per heavy atom. The van der Waals surface area contributed by atoms with E-state index in [-0.39, 0.29) is 0 Å². The van der Waals surface area contributed by atoms with Crippen LogP contribution in [0.1, 0.15) is 25.2 Å². The van der Waals surface area contributed by atoms with Crippen LogP contribution in [0.5, 0.6) is 0 Å². The molecule has 0 fully saturated rings. The van der Waals surface area contributed by atoms with Gasteiger partial charge in [0.05, 0.1) is 12.8 Å². The van der Waals surface area contributed by atoms with Gasteiger partial charge in [-0.05, 0) is 26.8 Å². The number of carboxylic acid groups (broad SMARTS) is 1. The second-order valence-corrected chi connectivity index (χ2v) is 4.72. The highest BCUT2D eigenvalue weighted by Gasteiger charge is 2.30. The molecule has 6 nitrogen and oxygen atoms in total. The number of nitrogens with zero attached hydrogens (tertiary/aromatic N) is 1. The summed E-state index contributed by atoms with van der Waals surface area (Å²) in [4.78, 5) is 24.1. The van der Waals surface area contributed by atoms with Crippen LogP contribution in [-0.4, -0.2) is 34.6 Å². The van der Waals surface area contributed by atoms with E-state index in [2.05, 4.69) is 5.32 Å². The number of hydrogen-bond acceptors (Lipinski definition) is 3. The molecule has 0 bridgehead atoms. The van der Waals surface area contributed by atoms with Gasteiger partial charge in [-0.25, -0.2) is 9.59 Å². The third kappa shape index (κ3) is 3.26. The topological polar surface area (TPSA) is 82.8 Å². The first-order valence-electron chi connectivity index (χ1n) is 5.53. The Kier molecular flexibility index (Phi) is 4.00. The minimum absolute atomic E-state index is 0.365. The van der Waals surface area contributed by atoms with E-state index in [1.807, 2.05) is 6.92 Å². The lowest BCUT2D eigenvalue weighted by molar-refractivity contribution is -0.143. The van der Waals surface area contributed by atoms with E-state index in [1.54, 1.807) is 19.4 Å². The van der Waals surface area contributed by atoms with Crippen LogP contribution in [0.3, 0.4) is 0 Å². The van der Waals surface area contributed by atoms with Crippen LogP contribution in [0.25, 0.3) is 0 Å². The summed E-state index contributed by atoms with van der Waals surface area (Å²) in [5.41, 5.74) is -0.405. The average molecular weight is 254 g/mol. The molecule has 1 rings (SSSR count). The van der Waals surface area contributed by atoms with E-state index in [0.717, 1.165) is 11.3 Å². The maximum absolute atomic E-state index is 11.8. The molecule has 0 unspecified atom stereocenters. The van der Waals surface area contributed by atoms with E-state index in [9.17, 15) is 9.59 Å². The van der Waals surface area contributed by atoms with Crippen LogP contribution in [0.2, 0.25) is 0 Å². The molecule has 2 N–H and O–H groups in total. The van der Waals surface area contributed by atoms with Crippen LogP contribution in [0.15, 0.2) is 16.7 Å². The SMILES string of the molecule is Cc1occc1CN(C)C(=O)NC(C)(C)C(=O)O. The van der Waals surface area contributed by atoms with E-state index in [4.69, 9.17) is 9.52 Å². The molecule has 1 aromatic rings. The van der Waals surface area contributed by atoms with Crippen molar-refractivity contribution < 1.29 is 19.1 Å². The van der Waals surface area contributed by atoms with Crippen LogP contribution in [-0.2, 0) is 11.3 Å². The van der Waals surface area contributed by atoms with Crippen molar-refractivity contribution in [1.82, 2.24) is 10.2 Å². The lowest BCUT2D eigenvalue weighted by atomic mass is 10.1. The van der Waals surface area contributed by atoms with Gasteiger partial charge >= 0.3 is 12.0 Å². The largest absolute Gasteiger partial charge is 0.480 e. The van der Waals surface area contributed by atoms with Crippen molar-refractivity contribution in [3.05, 3.63) is 23.7 Å².